The number of hydrogen-bond donors (Lipinski definition) is 0. The molecule has 0 spiro atoms. The van der Waals surface area contributed by atoms with Gasteiger partial charge in [0.25, 0.3) is 0 Å². The van der Waals surface area contributed by atoms with Gasteiger partial charge in [-0.15, -0.1) is 0 Å². The molecule has 4 aromatic carbocycles. The first kappa shape index (κ1) is 30.5. The van der Waals surface area contributed by atoms with Crippen molar-refractivity contribution in [2.45, 2.75) is 67.2 Å². The molecular formula is C38H40O4. The summed E-state index contributed by atoms with van der Waals surface area (Å²) in [5.74, 6) is -0.581. The number of carbonyl (C=O) groups is 2. The lowest BCUT2D eigenvalue weighted by Crippen LogP contribution is -2.13. The van der Waals surface area contributed by atoms with Crippen molar-refractivity contribution >= 4 is 23.5 Å². The highest BCUT2D eigenvalue weighted by Crippen LogP contribution is 2.36. The molecule has 4 aromatic rings. The van der Waals surface area contributed by atoms with Crippen LogP contribution in [0.1, 0.15) is 91.9 Å². The molecule has 0 amide bonds. The fraction of sp³-hybridized carbons (Fsp3) is 0.263. The molecule has 0 N–H and O–H groups in total. The van der Waals surface area contributed by atoms with Crippen molar-refractivity contribution < 1.29 is 19.1 Å². The molecule has 0 radical (unpaired) electrons. The van der Waals surface area contributed by atoms with Crippen LogP contribution in [0.15, 0.2) is 84.9 Å². The quantitative estimate of drug-likeness (QED) is 0.110. The molecule has 4 rings (SSSR count). The van der Waals surface area contributed by atoms with Gasteiger partial charge < -0.3 is 9.47 Å². The van der Waals surface area contributed by atoms with Crippen LogP contribution >= 0.6 is 0 Å². The predicted molar refractivity (Wildman–Crippen MR) is 170 cm³/mol. The lowest BCUT2D eigenvalue weighted by atomic mass is 9.95. The average molecular weight is 561 g/mol. The van der Waals surface area contributed by atoms with Crippen molar-refractivity contribution in [2.24, 2.45) is 0 Å². The summed E-state index contributed by atoms with van der Waals surface area (Å²) in [4.78, 5) is 27.4. The van der Waals surface area contributed by atoms with E-state index in [0.29, 0.717) is 11.1 Å². The van der Waals surface area contributed by atoms with Crippen molar-refractivity contribution in [2.75, 3.05) is 0 Å². The second-order valence-electron chi connectivity index (χ2n) is 10.9. The predicted octanol–water partition coefficient (Wildman–Crippen LogP) is 9.37. The largest absolute Gasteiger partial charge is 0.418 e. The molecule has 0 unspecified atom stereocenters. The first-order valence-electron chi connectivity index (χ1n) is 14.7. The Balaban J connectivity index is 1.90. The number of hydrogen-bond acceptors (Lipinski definition) is 4. The molecule has 0 aliphatic heterocycles. The lowest BCUT2D eigenvalue weighted by Gasteiger charge is -2.21. The molecule has 0 saturated heterocycles. The third-order valence-electron chi connectivity index (χ3n) is 7.47. The Morgan fingerprint density at radius 1 is 0.500 bits per heavy atom. The van der Waals surface area contributed by atoms with E-state index in [1.807, 2.05) is 88.4 Å². The molecule has 42 heavy (non-hydrogen) atoms. The fourth-order valence-electron chi connectivity index (χ4n) is 5.26. The van der Waals surface area contributed by atoms with Crippen molar-refractivity contribution in [1.29, 1.82) is 0 Å². The first-order valence-corrected chi connectivity index (χ1v) is 14.7. The zero-order valence-corrected chi connectivity index (χ0v) is 25.5. The van der Waals surface area contributed by atoms with Crippen LogP contribution in [0.4, 0.5) is 0 Å². The lowest BCUT2D eigenvalue weighted by molar-refractivity contribution is 0.0646. The van der Waals surface area contributed by atoms with Crippen LogP contribution in [0.25, 0.3) is 11.5 Å². The fourth-order valence-corrected chi connectivity index (χ4v) is 5.26. The van der Waals surface area contributed by atoms with Gasteiger partial charge in [0.2, 0.25) is 0 Å². The van der Waals surface area contributed by atoms with Gasteiger partial charge >= 0.3 is 11.9 Å². The number of ether oxygens (including phenoxy) is 2. The van der Waals surface area contributed by atoms with Crippen LogP contribution in [0, 0.1) is 27.7 Å². The molecular weight excluding hydrogens is 520 g/mol. The minimum absolute atomic E-state index is 0.224. The maximum absolute atomic E-state index is 13.7. The standard InChI is InChI=1S/C38H40O4/c1-7-11-29-17-21-31(22-18-29)37(39)41-35(33-25(3)13-9-14-26(33)4)36(34-27(5)15-10-16-28(34)6)42-38(40)32-23-19-30(12-8-2)20-24-32/h9-10,13-24H,7-8,11-12H2,1-6H3. The number of rotatable bonds is 10. The highest BCUT2D eigenvalue weighted by Gasteiger charge is 2.27. The summed E-state index contributed by atoms with van der Waals surface area (Å²) >= 11 is 0. The van der Waals surface area contributed by atoms with Crippen molar-refractivity contribution in [1.82, 2.24) is 0 Å². The molecule has 0 bridgehead atoms. The summed E-state index contributed by atoms with van der Waals surface area (Å²) in [6.45, 7) is 12.1. The third-order valence-corrected chi connectivity index (χ3v) is 7.47. The van der Waals surface area contributed by atoms with E-state index >= 15 is 0 Å². The van der Waals surface area contributed by atoms with Crippen LogP contribution in [0.3, 0.4) is 0 Å². The summed E-state index contributed by atoms with van der Waals surface area (Å²) in [6, 6.07) is 26.8. The van der Waals surface area contributed by atoms with E-state index < -0.39 is 11.9 Å². The zero-order chi connectivity index (χ0) is 30.2. The molecule has 4 nitrogen and oxygen atoms in total. The van der Waals surface area contributed by atoms with Crippen LogP contribution in [-0.4, -0.2) is 11.9 Å². The van der Waals surface area contributed by atoms with Crippen molar-refractivity contribution in [3.8, 4) is 0 Å². The van der Waals surface area contributed by atoms with E-state index in [2.05, 4.69) is 13.8 Å². The molecule has 216 valence electrons. The van der Waals surface area contributed by atoms with Gasteiger partial charge in [0.05, 0.1) is 11.1 Å². The highest BCUT2D eigenvalue weighted by molar-refractivity contribution is 6.02. The van der Waals surface area contributed by atoms with Gasteiger partial charge in [-0.3, -0.25) is 0 Å². The Morgan fingerprint density at radius 3 is 1.10 bits per heavy atom. The summed E-state index contributed by atoms with van der Waals surface area (Å²) in [7, 11) is 0. The molecule has 4 heteroatoms. The highest BCUT2D eigenvalue weighted by atomic mass is 16.6. The monoisotopic (exact) mass is 560 g/mol. The van der Waals surface area contributed by atoms with Crippen molar-refractivity contribution in [3.63, 3.8) is 0 Å². The first-order chi connectivity index (χ1) is 20.2. The molecule has 0 aromatic heterocycles. The van der Waals surface area contributed by atoms with Gasteiger partial charge in [-0.25, -0.2) is 9.59 Å². The van der Waals surface area contributed by atoms with Gasteiger partial charge in [0, 0.05) is 11.1 Å². The molecule has 0 heterocycles. The normalized spacial score (nSPS) is 11.6. The van der Waals surface area contributed by atoms with E-state index in [4.69, 9.17) is 9.47 Å². The zero-order valence-electron chi connectivity index (χ0n) is 25.5. The number of carbonyl (C=O) groups excluding carboxylic acids is 2. The van der Waals surface area contributed by atoms with Gasteiger partial charge in [0.1, 0.15) is 0 Å². The minimum atomic E-state index is -0.514. The Bertz CT molecular complexity index is 1430. The molecule has 0 fully saturated rings. The van der Waals surface area contributed by atoms with Gasteiger partial charge in [0.15, 0.2) is 11.5 Å². The van der Waals surface area contributed by atoms with Gasteiger partial charge in [-0.1, -0.05) is 87.4 Å². The smallest absolute Gasteiger partial charge is 0.343 e. The molecule has 0 saturated carbocycles. The van der Waals surface area contributed by atoms with E-state index in [1.54, 1.807) is 24.3 Å². The van der Waals surface area contributed by atoms with E-state index in [0.717, 1.165) is 70.2 Å². The second kappa shape index (κ2) is 14.0. The molecule has 0 aliphatic rings. The van der Waals surface area contributed by atoms with Gasteiger partial charge in [-0.05, 0) is 98.2 Å². The number of esters is 2. The van der Waals surface area contributed by atoms with Crippen molar-refractivity contribution in [3.05, 3.63) is 141 Å². The van der Waals surface area contributed by atoms with E-state index in [-0.39, 0.29) is 11.5 Å². The number of aryl methyl sites for hydroxylation is 6. The van der Waals surface area contributed by atoms with Crippen LogP contribution < -0.4 is 0 Å². The van der Waals surface area contributed by atoms with Crippen LogP contribution in [0.2, 0.25) is 0 Å². The van der Waals surface area contributed by atoms with Gasteiger partial charge in [-0.2, -0.15) is 0 Å². The van der Waals surface area contributed by atoms with E-state index in [9.17, 15) is 9.59 Å². The summed E-state index contributed by atoms with van der Waals surface area (Å²) in [6.07, 6.45) is 3.92. The Labute approximate surface area is 250 Å². The average Bonchev–Trinajstić information content (AvgIpc) is 2.97. The maximum Gasteiger partial charge on any atom is 0.343 e. The SMILES string of the molecule is CCCc1ccc(C(=O)OC(=C(OC(=O)c2ccc(CCC)cc2)c2c(C)cccc2C)c2c(C)cccc2C)cc1. The molecule has 0 atom stereocenters. The summed E-state index contributed by atoms with van der Waals surface area (Å²) < 4.78 is 12.5. The Morgan fingerprint density at radius 2 is 0.810 bits per heavy atom. The summed E-state index contributed by atoms with van der Waals surface area (Å²) in [5.41, 5.74) is 8.23. The van der Waals surface area contributed by atoms with Crippen LogP contribution in [-0.2, 0) is 22.3 Å². The Hall–Kier alpha value is -4.44. The topological polar surface area (TPSA) is 52.6 Å². The maximum atomic E-state index is 13.7. The second-order valence-corrected chi connectivity index (χ2v) is 10.9. The van der Waals surface area contributed by atoms with Crippen LogP contribution in [0.5, 0.6) is 0 Å². The summed E-state index contributed by atoms with van der Waals surface area (Å²) in [5, 5.41) is 0. The number of benzene rings is 4. The third kappa shape index (κ3) is 7.06. The van der Waals surface area contributed by atoms with E-state index in [1.165, 1.54) is 0 Å². The Kier molecular flexibility index (Phi) is 10.1. The minimum Gasteiger partial charge on any atom is -0.418 e. The molecule has 0 aliphatic carbocycles.